The van der Waals surface area contributed by atoms with Crippen LogP contribution in [0.5, 0.6) is 0 Å². The van der Waals surface area contributed by atoms with E-state index in [1.807, 2.05) is 0 Å². The fourth-order valence-corrected chi connectivity index (χ4v) is 0.326. The van der Waals surface area contributed by atoms with Crippen molar-refractivity contribution in [3.63, 3.8) is 0 Å². The number of carboxylic acids is 3. The fourth-order valence-electron chi connectivity index (χ4n) is 0.326. The van der Waals surface area contributed by atoms with Crippen LogP contribution in [-0.2, 0) is 24.0 Å². The Labute approximate surface area is 208 Å². The molecule has 0 N–H and O–H groups in total. The zero-order valence-corrected chi connectivity index (χ0v) is 16.8. The smallest absolute Gasteiger partial charge is 0.542 e. The van der Waals surface area contributed by atoms with E-state index in [0.29, 0.717) is 0 Å². The molecule has 0 aliphatic rings. The van der Waals surface area contributed by atoms with Crippen LogP contribution in [0.2, 0.25) is 0 Å². The Hall–Kier alpha value is -1.51. The second-order valence-corrected chi connectivity index (χ2v) is 4.16. The van der Waals surface area contributed by atoms with Gasteiger partial charge in [0.1, 0.15) is 23.7 Å². The van der Waals surface area contributed by atoms with Gasteiger partial charge in [0.2, 0.25) is 5.78 Å². The molecule has 0 aliphatic heterocycles. The van der Waals surface area contributed by atoms with E-state index in [0.717, 1.165) is 6.92 Å². The van der Waals surface area contributed by atoms with E-state index in [4.69, 9.17) is 29.7 Å². The summed E-state index contributed by atoms with van der Waals surface area (Å²) in [7, 11) is 0. The SMILES string of the molecule is CC(=O)CC(=O)C(F)(F)F.O=C([O-])C(F)(F)F.O=C([O-])C(F)(F)F.O=C([O-])C(F)(F)F.[Eu+3]. The monoisotopic (exact) mass is 646 g/mol. The third kappa shape index (κ3) is 30.7. The number of halogens is 12. The van der Waals surface area contributed by atoms with Gasteiger partial charge in [-0.05, 0) is 6.92 Å². The van der Waals surface area contributed by atoms with Crippen molar-refractivity contribution in [2.45, 2.75) is 38.0 Å². The second-order valence-electron chi connectivity index (χ2n) is 4.16. The van der Waals surface area contributed by atoms with E-state index in [1.54, 1.807) is 0 Å². The fraction of sp³-hybridized carbons (Fsp3) is 0.545. The maximum Gasteiger partial charge on any atom is 3.00 e. The molecule has 0 aromatic carbocycles. The van der Waals surface area contributed by atoms with Gasteiger partial charge in [-0.1, -0.05) is 0 Å². The van der Waals surface area contributed by atoms with Crippen LogP contribution in [0.3, 0.4) is 0 Å². The van der Waals surface area contributed by atoms with Gasteiger partial charge in [-0.25, -0.2) is 0 Å². The van der Waals surface area contributed by atoms with Gasteiger partial charge < -0.3 is 29.7 Å². The Morgan fingerprint density at radius 2 is 0.688 bits per heavy atom. The third-order valence-electron chi connectivity index (χ3n) is 1.42. The van der Waals surface area contributed by atoms with Crippen molar-refractivity contribution in [2.24, 2.45) is 0 Å². The molecule has 0 fully saturated rings. The average Bonchev–Trinajstić information content (AvgIpc) is 2.44. The van der Waals surface area contributed by atoms with Crippen molar-refractivity contribution in [1.82, 2.24) is 0 Å². The first-order chi connectivity index (χ1) is 13.2. The van der Waals surface area contributed by atoms with Gasteiger partial charge in [0, 0.05) is 0 Å². The predicted octanol–water partition coefficient (Wildman–Crippen LogP) is -1.01. The summed E-state index contributed by atoms with van der Waals surface area (Å²) in [6, 6.07) is 0. The minimum atomic E-state index is -5.19. The number of carbonyl (C=O) groups excluding carboxylic acids is 5. The van der Waals surface area contributed by atoms with Crippen molar-refractivity contribution in [1.29, 1.82) is 0 Å². The van der Waals surface area contributed by atoms with Gasteiger partial charge in [0.15, 0.2) is 0 Å². The topological polar surface area (TPSA) is 155 Å². The molecule has 0 aromatic heterocycles. The Balaban J connectivity index is -0.000000102. The summed E-state index contributed by atoms with van der Waals surface area (Å²) < 4.78 is 129. The number of carbonyl (C=O) groups is 5. The van der Waals surface area contributed by atoms with E-state index in [9.17, 15) is 62.3 Å². The quantitative estimate of drug-likeness (QED) is 0.274. The van der Waals surface area contributed by atoms with Gasteiger partial charge in [-0.15, -0.1) is 0 Å². The Bertz CT molecular complexity index is 576. The molecule has 0 saturated heterocycles. The van der Waals surface area contributed by atoms with Gasteiger partial charge in [0.05, 0.1) is 6.42 Å². The summed E-state index contributed by atoms with van der Waals surface area (Å²) in [6.45, 7) is 0.934. The summed E-state index contributed by atoms with van der Waals surface area (Å²) in [6.07, 6.45) is -21.5. The van der Waals surface area contributed by atoms with Crippen molar-refractivity contribution in [3.8, 4) is 0 Å². The predicted molar refractivity (Wildman–Crippen MR) is 59.5 cm³/mol. The first-order valence-corrected chi connectivity index (χ1v) is 6.11. The number of ketones is 2. The normalized spacial score (nSPS) is 10.9. The average molecular weight is 645 g/mol. The molecular formula is C11H5EuF12O8. The summed E-state index contributed by atoms with van der Waals surface area (Å²) in [4.78, 5) is 46.3. The molecule has 0 amide bonds. The van der Waals surface area contributed by atoms with Crippen LogP contribution in [0.4, 0.5) is 52.7 Å². The van der Waals surface area contributed by atoms with Crippen LogP contribution in [0, 0.1) is 49.4 Å². The van der Waals surface area contributed by atoms with E-state index in [-0.39, 0.29) is 49.4 Å². The molecule has 21 heteroatoms. The van der Waals surface area contributed by atoms with Crippen molar-refractivity contribution < 1.29 is 141 Å². The number of hydrogen-bond acceptors (Lipinski definition) is 8. The minimum absolute atomic E-state index is 0. The largest absolute Gasteiger partial charge is 3.00 e. The number of aliphatic carboxylic acids is 3. The first-order valence-electron chi connectivity index (χ1n) is 6.11. The maximum atomic E-state index is 11.3. The minimum Gasteiger partial charge on any atom is -0.542 e. The molecule has 0 heterocycles. The summed E-state index contributed by atoms with van der Waals surface area (Å²) in [5, 5.41) is 26.4. The van der Waals surface area contributed by atoms with Crippen LogP contribution in [0.1, 0.15) is 13.3 Å². The van der Waals surface area contributed by atoms with E-state index in [2.05, 4.69) is 0 Å². The summed E-state index contributed by atoms with van der Waals surface area (Å²) in [5.74, 6) is -11.8. The zero-order valence-electron chi connectivity index (χ0n) is 14.4. The van der Waals surface area contributed by atoms with Crippen molar-refractivity contribution >= 4 is 29.5 Å². The molecule has 0 radical (unpaired) electrons. The van der Waals surface area contributed by atoms with E-state index in [1.165, 1.54) is 0 Å². The number of Topliss-reactive ketones (excluding diaryl/α,β-unsaturated/α-hetero) is 2. The molecule has 0 aromatic rings. The summed E-state index contributed by atoms with van der Waals surface area (Å²) in [5.41, 5.74) is 0. The molecule has 32 heavy (non-hydrogen) atoms. The first kappa shape index (κ1) is 40.8. The molecule has 0 spiro atoms. The zero-order chi connectivity index (χ0) is 26.6. The number of alkyl halides is 12. The van der Waals surface area contributed by atoms with E-state index >= 15 is 0 Å². The van der Waals surface area contributed by atoms with Crippen LogP contribution < -0.4 is 15.3 Å². The Kier molecular flexibility index (Phi) is 20.6. The van der Waals surface area contributed by atoms with Crippen LogP contribution in [0.25, 0.3) is 0 Å². The van der Waals surface area contributed by atoms with Gasteiger partial charge in [0.25, 0.3) is 0 Å². The molecule has 0 bridgehead atoms. The number of carboxylic acid groups (broad SMARTS) is 3. The molecule has 8 nitrogen and oxygen atoms in total. The summed E-state index contributed by atoms with van der Waals surface area (Å²) >= 11 is 0. The maximum absolute atomic E-state index is 11.3. The third-order valence-corrected chi connectivity index (χ3v) is 1.42. The molecule has 0 rings (SSSR count). The Morgan fingerprint density at radius 1 is 0.531 bits per heavy atom. The molecule has 0 unspecified atom stereocenters. The second kappa shape index (κ2) is 16.2. The van der Waals surface area contributed by atoms with Gasteiger partial charge >= 0.3 is 74.1 Å². The van der Waals surface area contributed by atoms with Gasteiger partial charge in [-0.3, -0.25) is 9.59 Å². The van der Waals surface area contributed by atoms with Crippen LogP contribution in [0.15, 0.2) is 0 Å². The molecule has 188 valence electrons. The van der Waals surface area contributed by atoms with E-state index < -0.39 is 60.6 Å². The molecule has 0 atom stereocenters. The molecule has 0 saturated carbocycles. The molecular weight excluding hydrogens is 640 g/mol. The van der Waals surface area contributed by atoms with Crippen LogP contribution >= 0.6 is 0 Å². The standard InChI is InChI=1S/C5H5F3O2.3C2HF3O2.Eu/c1-3(9)2-4(10)5(6,7)8;3*3-2(4,5)1(6)7;/h2H2,1H3;3*(H,6,7);/q;;;;+3/p-3. The van der Waals surface area contributed by atoms with Gasteiger partial charge in [-0.2, -0.15) is 52.7 Å². The Morgan fingerprint density at radius 3 is 0.719 bits per heavy atom. The molecule has 0 aliphatic carbocycles. The van der Waals surface area contributed by atoms with Crippen LogP contribution in [-0.4, -0.2) is 54.2 Å². The number of rotatable bonds is 2. The van der Waals surface area contributed by atoms with Crippen molar-refractivity contribution in [2.75, 3.05) is 0 Å². The van der Waals surface area contributed by atoms with Crippen molar-refractivity contribution in [3.05, 3.63) is 0 Å². The number of hydrogen-bond donors (Lipinski definition) is 0.